The van der Waals surface area contributed by atoms with Gasteiger partial charge in [0.05, 0.1) is 23.8 Å². The van der Waals surface area contributed by atoms with Crippen LogP contribution in [0.15, 0.2) is 42.7 Å². The van der Waals surface area contributed by atoms with Gasteiger partial charge in [0, 0.05) is 18.7 Å². The van der Waals surface area contributed by atoms with Crippen LogP contribution in [0.3, 0.4) is 0 Å². The number of nitrogens with zero attached hydrogens (tertiary/aromatic N) is 7. The summed E-state index contributed by atoms with van der Waals surface area (Å²) in [5, 5.41) is 4.56. The molecule has 5 rings (SSSR count). The molecule has 1 amide bonds. The number of benzene rings is 1. The number of para-hydroxylation sites is 1. The second kappa shape index (κ2) is 7.22. The number of carbonyl (C=O) groups excluding carboxylic acids is 1. The summed E-state index contributed by atoms with van der Waals surface area (Å²) in [7, 11) is 0. The number of rotatable bonds is 4. The quantitative estimate of drug-likeness (QED) is 0.526. The molecule has 0 radical (unpaired) electrons. The summed E-state index contributed by atoms with van der Waals surface area (Å²) in [5.74, 6) is 2.07. The standard InChI is InChI=1S/C22H21N7O/c1-15-16(2)29-20(13-23-15)24-18(26-29)10-11-19-25-21(27-12-6-9-22(27)30)14-28(19)17-7-4-3-5-8-17/h3-5,7-8,10-11,13-14H,6,9,12H2,1-2H3/b11-10+. The minimum atomic E-state index is 0.114. The van der Waals surface area contributed by atoms with Crippen molar-refractivity contribution >= 4 is 29.5 Å². The minimum Gasteiger partial charge on any atom is -0.298 e. The Labute approximate surface area is 173 Å². The van der Waals surface area contributed by atoms with Crippen molar-refractivity contribution in [2.45, 2.75) is 26.7 Å². The van der Waals surface area contributed by atoms with Crippen LogP contribution in [0.25, 0.3) is 23.5 Å². The Kier molecular flexibility index (Phi) is 4.39. The van der Waals surface area contributed by atoms with Gasteiger partial charge in [-0.2, -0.15) is 0 Å². The number of carbonyl (C=O) groups is 1. The summed E-state index contributed by atoms with van der Waals surface area (Å²) < 4.78 is 3.77. The SMILES string of the molecule is Cc1ncc2nc(/C=C/c3nc(N4CCCC4=O)cn3-c3ccccc3)nn2c1C. The van der Waals surface area contributed by atoms with E-state index in [1.165, 1.54) is 0 Å². The fraction of sp³-hybridized carbons (Fsp3) is 0.227. The van der Waals surface area contributed by atoms with Gasteiger partial charge in [0.25, 0.3) is 0 Å². The Morgan fingerprint density at radius 3 is 2.67 bits per heavy atom. The predicted molar refractivity (Wildman–Crippen MR) is 114 cm³/mol. The highest BCUT2D eigenvalue weighted by Crippen LogP contribution is 2.24. The highest BCUT2D eigenvalue weighted by Gasteiger charge is 2.24. The molecule has 0 saturated carbocycles. The molecule has 4 heterocycles. The fourth-order valence-corrected chi connectivity index (χ4v) is 3.61. The predicted octanol–water partition coefficient (Wildman–Crippen LogP) is 3.22. The molecular formula is C22H21N7O. The van der Waals surface area contributed by atoms with Crippen molar-refractivity contribution in [3.63, 3.8) is 0 Å². The van der Waals surface area contributed by atoms with Crippen LogP contribution in [0.5, 0.6) is 0 Å². The third kappa shape index (κ3) is 3.16. The molecule has 1 aromatic carbocycles. The van der Waals surface area contributed by atoms with E-state index in [0.717, 1.165) is 23.5 Å². The molecule has 4 aromatic rings. The van der Waals surface area contributed by atoms with E-state index in [4.69, 9.17) is 4.98 Å². The molecule has 0 N–H and O–H groups in total. The number of fused-ring (bicyclic) bond motifs is 1. The smallest absolute Gasteiger partial charge is 0.228 e. The van der Waals surface area contributed by atoms with E-state index in [-0.39, 0.29) is 5.91 Å². The molecule has 8 heteroatoms. The topological polar surface area (TPSA) is 81.2 Å². The first-order valence-corrected chi connectivity index (χ1v) is 9.92. The molecule has 1 fully saturated rings. The van der Waals surface area contributed by atoms with Gasteiger partial charge in [0.15, 0.2) is 17.3 Å². The van der Waals surface area contributed by atoms with Crippen LogP contribution in [-0.4, -0.2) is 41.6 Å². The lowest BCUT2D eigenvalue weighted by atomic mass is 10.3. The third-order valence-electron chi connectivity index (χ3n) is 5.35. The molecule has 0 bridgehead atoms. The molecular weight excluding hydrogens is 378 g/mol. The zero-order valence-corrected chi connectivity index (χ0v) is 16.9. The lowest BCUT2D eigenvalue weighted by Crippen LogP contribution is -2.23. The molecule has 30 heavy (non-hydrogen) atoms. The number of aryl methyl sites for hydroxylation is 2. The summed E-state index contributed by atoms with van der Waals surface area (Å²) in [6.45, 7) is 4.62. The van der Waals surface area contributed by atoms with Crippen LogP contribution >= 0.6 is 0 Å². The zero-order valence-electron chi connectivity index (χ0n) is 16.9. The largest absolute Gasteiger partial charge is 0.298 e. The van der Waals surface area contributed by atoms with Crippen molar-refractivity contribution in [1.82, 2.24) is 29.1 Å². The summed E-state index contributed by atoms with van der Waals surface area (Å²) in [6.07, 6.45) is 8.77. The van der Waals surface area contributed by atoms with Gasteiger partial charge in [-0.15, -0.1) is 5.10 Å². The Morgan fingerprint density at radius 2 is 1.90 bits per heavy atom. The van der Waals surface area contributed by atoms with E-state index in [2.05, 4.69) is 15.1 Å². The number of anilines is 1. The minimum absolute atomic E-state index is 0.114. The summed E-state index contributed by atoms with van der Waals surface area (Å²) in [4.78, 5) is 27.5. The maximum absolute atomic E-state index is 12.2. The lowest BCUT2D eigenvalue weighted by molar-refractivity contribution is -0.117. The van der Waals surface area contributed by atoms with Crippen LogP contribution in [-0.2, 0) is 4.79 Å². The van der Waals surface area contributed by atoms with E-state index in [1.807, 2.05) is 67.1 Å². The molecule has 8 nitrogen and oxygen atoms in total. The number of imidazole rings is 1. The maximum Gasteiger partial charge on any atom is 0.228 e. The first kappa shape index (κ1) is 18.2. The van der Waals surface area contributed by atoms with E-state index in [9.17, 15) is 4.79 Å². The van der Waals surface area contributed by atoms with Crippen molar-refractivity contribution < 1.29 is 4.79 Å². The van der Waals surface area contributed by atoms with Gasteiger partial charge < -0.3 is 0 Å². The fourth-order valence-electron chi connectivity index (χ4n) is 3.61. The van der Waals surface area contributed by atoms with Crippen LogP contribution in [0.4, 0.5) is 5.82 Å². The summed E-state index contributed by atoms with van der Waals surface area (Å²) in [5.41, 5.74) is 3.55. The van der Waals surface area contributed by atoms with Gasteiger partial charge in [0.2, 0.25) is 5.91 Å². The summed E-state index contributed by atoms with van der Waals surface area (Å²) in [6, 6.07) is 9.95. The van der Waals surface area contributed by atoms with E-state index < -0.39 is 0 Å². The van der Waals surface area contributed by atoms with Gasteiger partial charge in [0.1, 0.15) is 5.82 Å². The van der Waals surface area contributed by atoms with Gasteiger partial charge >= 0.3 is 0 Å². The zero-order chi connectivity index (χ0) is 20.7. The second-order valence-corrected chi connectivity index (χ2v) is 7.31. The second-order valence-electron chi connectivity index (χ2n) is 7.31. The van der Waals surface area contributed by atoms with Crippen molar-refractivity contribution in [3.05, 3.63) is 65.8 Å². The molecule has 0 aliphatic carbocycles. The highest BCUT2D eigenvalue weighted by molar-refractivity contribution is 5.94. The van der Waals surface area contributed by atoms with Gasteiger partial charge in [-0.25, -0.2) is 14.5 Å². The molecule has 150 valence electrons. The van der Waals surface area contributed by atoms with Crippen LogP contribution in [0, 0.1) is 13.8 Å². The van der Waals surface area contributed by atoms with Crippen molar-refractivity contribution in [2.24, 2.45) is 0 Å². The molecule has 3 aromatic heterocycles. The van der Waals surface area contributed by atoms with Gasteiger partial charge in [-0.1, -0.05) is 18.2 Å². The number of amides is 1. The van der Waals surface area contributed by atoms with E-state index in [1.54, 1.807) is 15.6 Å². The Hall–Kier alpha value is -3.81. The number of hydrogen-bond donors (Lipinski definition) is 0. The van der Waals surface area contributed by atoms with Gasteiger partial charge in [-0.3, -0.25) is 19.2 Å². The molecule has 1 aliphatic heterocycles. The van der Waals surface area contributed by atoms with Crippen molar-refractivity contribution in [1.29, 1.82) is 0 Å². The van der Waals surface area contributed by atoms with E-state index >= 15 is 0 Å². The Morgan fingerprint density at radius 1 is 1.07 bits per heavy atom. The van der Waals surface area contributed by atoms with Gasteiger partial charge in [-0.05, 0) is 44.6 Å². The average Bonchev–Trinajstić information content (AvgIpc) is 3.48. The molecule has 0 spiro atoms. The highest BCUT2D eigenvalue weighted by atomic mass is 16.2. The Balaban J connectivity index is 1.55. The number of aromatic nitrogens is 6. The molecule has 0 atom stereocenters. The first-order valence-electron chi connectivity index (χ1n) is 9.92. The average molecular weight is 399 g/mol. The Bertz CT molecular complexity index is 1270. The molecule has 1 aliphatic rings. The number of hydrogen-bond acceptors (Lipinski definition) is 5. The van der Waals surface area contributed by atoms with Crippen molar-refractivity contribution in [2.75, 3.05) is 11.4 Å². The van der Waals surface area contributed by atoms with E-state index in [0.29, 0.717) is 36.1 Å². The van der Waals surface area contributed by atoms with Crippen LogP contribution in [0.2, 0.25) is 0 Å². The molecule has 0 unspecified atom stereocenters. The first-order chi connectivity index (χ1) is 14.6. The van der Waals surface area contributed by atoms with Crippen molar-refractivity contribution in [3.8, 4) is 5.69 Å². The van der Waals surface area contributed by atoms with Crippen LogP contribution in [0.1, 0.15) is 35.9 Å². The lowest BCUT2D eigenvalue weighted by Gasteiger charge is -2.10. The summed E-state index contributed by atoms with van der Waals surface area (Å²) >= 11 is 0. The maximum atomic E-state index is 12.2. The third-order valence-corrected chi connectivity index (χ3v) is 5.35. The monoisotopic (exact) mass is 399 g/mol. The molecule has 1 saturated heterocycles. The van der Waals surface area contributed by atoms with Crippen LogP contribution < -0.4 is 4.90 Å². The normalized spacial score (nSPS) is 14.5.